The molecule has 34 heavy (non-hydrogen) atoms. The van der Waals surface area contributed by atoms with Gasteiger partial charge in [-0.05, 0) is 43.9 Å². The number of rotatable bonds is 7. The SMILES string of the molecule is C=C1C(=O)O[C@@H]2/C=C(\C)[C@H](O)C/C=C(\C)C[C@@H](OC(=O)/C(=C/COC(=O)[C@H](O)C(C)C)CO)[C@@H]12. The summed E-state index contributed by atoms with van der Waals surface area (Å²) in [6.45, 7) is 9.68. The smallest absolute Gasteiger partial charge is 0.336 e. The minimum Gasteiger partial charge on any atom is -0.460 e. The van der Waals surface area contributed by atoms with E-state index in [0.29, 0.717) is 12.0 Å². The van der Waals surface area contributed by atoms with E-state index in [4.69, 9.17) is 14.2 Å². The van der Waals surface area contributed by atoms with E-state index in [1.165, 1.54) is 6.08 Å². The Labute approximate surface area is 199 Å². The molecule has 1 aliphatic heterocycles. The molecule has 0 aromatic heterocycles. The lowest BCUT2D eigenvalue weighted by Crippen LogP contribution is -2.34. The van der Waals surface area contributed by atoms with E-state index >= 15 is 0 Å². The summed E-state index contributed by atoms with van der Waals surface area (Å²) >= 11 is 0. The fraction of sp³-hybridized carbons (Fsp3) is 0.560. The highest BCUT2D eigenvalue weighted by atomic mass is 16.6. The van der Waals surface area contributed by atoms with E-state index in [0.717, 1.165) is 5.57 Å². The van der Waals surface area contributed by atoms with Crippen LogP contribution in [0.3, 0.4) is 0 Å². The van der Waals surface area contributed by atoms with Crippen molar-refractivity contribution in [3.63, 3.8) is 0 Å². The molecule has 1 saturated heterocycles. The number of aliphatic hydroxyl groups is 3. The van der Waals surface area contributed by atoms with Crippen molar-refractivity contribution in [2.24, 2.45) is 11.8 Å². The maximum absolute atomic E-state index is 12.8. The molecular formula is C25H34O9. The van der Waals surface area contributed by atoms with E-state index in [-0.39, 0.29) is 30.1 Å². The van der Waals surface area contributed by atoms with E-state index in [1.54, 1.807) is 26.8 Å². The predicted octanol–water partition coefficient (Wildman–Crippen LogP) is 1.52. The molecule has 0 spiro atoms. The molecule has 9 heteroatoms. The van der Waals surface area contributed by atoms with Gasteiger partial charge in [-0.3, -0.25) is 0 Å². The Hall–Kier alpha value is -2.75. The van der Waals surface area contributed by atoms with Crippen LogP contribution >= 0.6 is 0 Å². The Kier molecular flexibility index (Phi) is 9.78. The highest BCUT2D eigenvalue weighted by Crippen LogP contribution is 2.36. The van der Waals surface area contributed by atoms with Crippen LogP contribution in [0.2, 0.25) is 0 Å². The van der Waals surface area contributed by atoms with Crippen LogP contribution in [0.4, 0.5) is 0 Å². The molecule has 1 fully saturated rings. The third-order valence-corrected chi connectivity index (χ3v) is 5.95. The maximum Gasteiger partial charge on any atom is 0.336 e. The van der Waals surface area contributed by atoms with Gasteiger partial charge in [-0.25, -0.2) is 14.4 Å². The first-order valence-electron chi connectivity index (χ1n) is 11.2. The predicted molar refractivity (Wildman–Crippen MR) is 122 cm³/mol. The second kappa shape index (κ2) is 12.1. The van der Waals surface area contributed by atoms with Crippen molar-refractivity contribution >= 4 is 17.9 Å². The van der Waals surface area contributed by atoms with E-state index in [1.807, 2.05) is 13.0 Å². The van der Waals surface area contributed by atoms with Crippen LogP contribution < -0.4 is 0 Å². The van der Waals surface area contributed by atoms with Gasteiger partial charge in [-0.2, -0.15) is 0 Å². The standard InChI is InChI=1S/C25H34O9/c1-13(2)22(28)25(31)32-9-8-17(12-26)24(30)34-19-10-14(3)6-7-18(27)15(4)11-20-21(19)16(5)23(29)33-20/h6,8,11,13,18-22,26-28H,5,7,9-10,12H2,1-4H3/b14-6+,15-11+,17-8+/t18-,19-,20-,21-,22-/m1/s1. The van der Waals surface area contributed by atoms with Crippen molar-refractivity contribution in [1.82, 2.24) is 0 Å². The lowest BCUT2D eigenvalue weighted by Gasteiger charge is -2.28. The van der Waals surface area contributed by atoms with E-state index in [9.17, 15) is 29.7 Å². The summed E-state index contributed by atoms with van der Waals surface area (Å²) in [5, 5.41) is 29.7. The molecule has 3 N–H and O–H groups in total. The zero-order valence-electron chi connectivity index (χ0n) is 20.0. The zero-order valence-corrected chi connectivity index (χ0v) is 20.0. The summed E-state index contributed by atoms with van der Waals surface area (Å²) in [7, 11) is 0. The van der Waals surface area contributed by atoms with Gasteiger partial charge in [-0.1, -0.05) is 32.1 Å². The monoisotopic (exact) mass is 478 g/mol. The number of carbonyl (C=O) groups is 3. The molecule has 1 aliphatic carbocycles. The van der Waals surface area contributed by atoms with Crippen LogP contribution in [0, 0.1) is 11.8 Å². The van der Waals surface area contributed by atoms with Crippen molar-refractivity contribution in [1.29, 1.82) is 0 Å². The number of hydrogen-bond donors (Lipinski definition) is 3. The number of esters is 3. The summed E-state index contributed by atoms with van der Waals surface area (Å²) in [5.74, 6) is -3.30. The van der Waals surface area contributed by atoms with Crippen LogP contribution in [0.25, 0.3) is 0 Å². The summed E-state index contributed by atoms with van der Waals surface area (Å²) in [6, 6.07) is 0. The maximum atomic E-state index is 12.8. The Morgan fingerprint density at radius 1 is 1.32 bits per heavy atom. The summed E-state index contributed by atoms with van der Waals surface area (Å²) in [4.78, 5) is 36.9. The Morgan fingerprint density at radius 2 is 2.00 bits per heavy atom. The molecule has 0 bridgehead atoms. The minimum atomic E-state index is -1.30. The first-order chi connectivity index (χ1) is 16.0. The van der Waals surface area contributed by atoms with Gasteiger partial charge in [0.2, 0.25) is 0 Å². The van der Waals surface area contributed by atoms with Gasteiger partial charge < -0.3 is 29.5 Å². The molecule has 0 radical (unpaired) electrons. The van der Waals surface area contributed by atoms with E-state index in [2.05, 4.69) is 6.58 Å². The topological polar surface area (TPSA) is 140 Å². The normalized spacial score (nSPS) is 29.8. The molecule has 9 nitrogen and oxygen atoms in total. The summed E-state index contributed by atoms with van der Waals surface area (Å²) < 4.78 is 16.1. The molecular weight excluding hydrogens is 444 g/mol. The van der Waals surface area contributed by atoms with Gasteiger partial charge in [0.1, 0.15) is 18.8 Å². The van der Waals surface area contributed by atoms with Crippen LogP contribution in [-0.2, 0) is 28.6 Å². The average Bonchev–Trinajstić information content (AvgIpc) is 3.05. The van der Waals surface area contributed by atoms with Gasteiger partial charge in [0.15, 0.2) is 6.10 Å². The summed E-state index contributed by atoms with van der Waals surface area (Å²) in [5.41, 5.74) is 1.47. The number of hydrogen-bond acceptors (Lipinski definition) is 9. The number of aliphatic hydroxyl groups excluding tert-OH is 3. The third-order valence-electron chi connectivity index (χ3n) is 5.95. The van der Waals surface area contributed by atoms with Gasteiger partial charge in [-0.15, -0.1) is 0 Å². The fourth-order valence-corrected chi connectivity index (χ4v) is 3.70. The van der Waals surface area contributed by atoms with Gasteiger partial charge in [0.05, 0.1) is 24.2 Å². The minimum absolute atomic E-state index is 0.139. The molecule has 2 aliphatic rings. The second-order valence-corrected chi connectivity index (χ2v) is 8.99. The second-order valence-electron chi connectivity index (χ2n) is 8.99. The van der Waals surface area contributed by atoms with Crippen molar-refractivity contribution in [3.8, 4) is 0 Å². The lowest BCUT2D eigenvalue weighted by molar-refractivity contribution is -0.155. The van der Waals surface area contributed by atoms with Gasteiger partial charge in [0.25, 0.3) is 0 Å². The molecule has 5 atom stereocenters. The summed E-state index contributed by atoms with van der Waals surface area (Å²) in [6.07, 6.45) is 1.68. The molecule has 1 heterocycles. The Morgan fingerprint density at radius 3 is 2.62 bits per heavy atom. The molecule has 0 unspecified atom stereocenters. The number of ether oxygens (including phenoxy) is 3. The Bertz CT molecular complexity index is 896. The first kappa shape index (κ1) is 27.5. The zero-order chi connectivity index (χ0) is 25.6. The largest absolute Gasteiger partial charge is 0.460 e. The Balaban J connectivity index is 2.23. The van der Waals surface area contributed by atoms with Crippen molar-refractivity contribution in [3.05, 3.63) is 47.1 Å². The first-order valence-corrected chi connectivity index (χ1v) is 11.2. The number of carbonyl (C=O) groups excluding carboxylic acids is 3. The van der Waals surface area contributed by atoms with Crippen LogP contribution in [0.1, 0.15) is 40.5 Å². The van der Waals surface area contributed by atoms with Crippen molar-refractivity contribution in [2.45, 2.75) is 65.0 Å². The molecule has 0 saturated carbocycles. The third kappa shape index (κ3) is 6.88. The molecule has 188 valence electrons. The van der Waals surface area contributed by atoms with Gasteiger partial charge >= 0.3 is 17.9 Å². The average molecular weight is 479 g/mol. The van der Waals surface area contributed by atoms with E-state index < -0.39 is 54.8 Å². The highest BCUT2D eigenvalue weighted by Gasteiger charge is 2.44. The van der Waals surface area contributed by atoms with Crippen LogP contribution in [0.15, 0.2) is 47.1 Å². The fourth-order valence-electron chi connectivity index (χ4n) is 3.70. The van der Waals surface area contributed by atoms with Crippen molar-refractivity contribution < 1.29 is 43.9 Å². The van der Waals surface area contributed by atoms with Crippen LogP contribution in [0.5, 0.6) is 0 Å². The molecule has 0 amide bonds. The quantitative estimate of drug-likeness (QED) is 0.215. The molecule has 0 aromatic carbocycles. The van der Waals surface area contributed by atoms with Crippen LogP contribution in [-0.4, -0.2) is 70.9 Å². The highest BCUT2D eigenvalue weighted by molar-refractivity contribution is 5.92. The lowest BCUT2D eigenvalue weighted by atomic mass is 9.85. The number of fused-ring (bicyclic) bond motifs is 1. The molecule has 0 aromatic rings. The molecule has 2 rings (SSSR count). The van der Waals surface area contributed by atoms with Gasteiger partial charge in [0, 0.05) is 12.0 Å². The van der Waals surface area contributed by atoms with Crippen molar-refractivity contribution in [2.75, 3.05) is 13.2 Å².